The van der Waals surface area contributed by atoms with Crippen LogP contribution in [-0.4, -0.2) is 61.6 Å². The molecule has 1 fully saturated rings. The molecule has 0 saturated carbocycles. The van der Waals surface area contributed by atoms with Crippen LogP contribution in [0.2, 0.25) is 0 Å². The SMILES string of the molecule is c1ccc(CN(Cc2ccccc2)Sc2ccc(CN3CCNCCNCCNCC3)cc2)cc1. The fraction of sp³-hybridized carbons (Fsp3) is 0.379. The molecule has 0 bridgehead atoms. The highest BCUT2D eigenvalue weighted by atomic mass is 32.2. The molecule has 0 atom stereocenters. The van der Waals surface area contributed by atoms with Crippen LogP contribution >= 0.6 is 11.9 Å². The first-order valence-electron chi connectivity index (χ1n) is 12.8. The van der Waals surface area contributed by atoms with Crippen molar-refractivity contribution in [3.63, 3.8) is 0 Å². The van der Waals surface area contributed by atoms with E-state index >= 15 is 0 Å². The van der Waals surface area contributed by atoms with Gasteiger partial charge in [0.25, 0.3) is 0 Å². The lowest BCUT2D eigenvalue weighted by Crippen LogP contribution is -2.41. The standard InChI is InChI=1S/C29H39N5S/c1-3-7-26(8-4-1)24-34(25-27-9-5-2-6-10-27)35-29-13-11-28(12-14-29)23-33-21-19-31-17-15-30-16-18-32-20-22-33/h1-14,30-32H,15-25H2. The van der Waals surface area contributed by atoms with E-state index in [9.17, 15) is 0 Å². The second kappa shape index (κ2) is 15.0. The predicted molar refractivity (Wildman–Crippen MR) is 148 cm³/mol. The molecule has 0 amide bonds. The van der Waals surface area contributed by atoms with E-state index in [1.54, 1.807) is 0 Å². The van der Waals surface area contributed by atoms with Crippen LogP contribution in [0.25, 0.3) is 0 Å². The highest BCUT2D eigenvalue weighted by molar-refractivity contribution is 7.97. The van der Waals surface area contributed by atoms with Gasteiger partial charge in [0.15, 0.2) is 0 Å². The number of hydrogen-bond acceptors (Lipinski definition) is 6. The summed E-state index contributed by atoms with van der Waals surface area (Å²) in [6, 6.07) is 30.6. The van der Waals surface area contributed by atoms with Crippen LogP contribution in [-0.2, 0) is 19.6 Å². The van der Waals surface area contributed by atoms with Gasteiger partial charge in [-0.05, 0) is 40.8 Å². The molecule has 0 aromatic heterocycles. The summed E-state index contributed by atoms with van der Waals surface area (Å²) in [6.45, 7) is 11.1. The molecule has 3 aromatic carbocycles. The number of rotatable bonds is 8. The monoisotopic (exact) mass is 489 g/mol. The van der Waals surface area contributed by atoms with Crippen LogP contribution in [0.15, 0.2) is 89.8 Å². The maximum absolute atomic E-state index is 3.56. The van der Waals surface area contributed by atoms with Gasteiger partial charge in [-0.25, -0.2) is 4.31 Å². The molecule has 1 heterocycles. The first kappa shape index (κ1) is 25.9. The molecule has 0 spiro atoms. The number of hydrogen-bond donors (Lipinski definition) is 3. The van der Waals surface area contributed by atoms with E-state index in [1.807, 2.05) is 11.9 Å². The molecule has 35 heavy (non-hydrogen) atoms. The van der Waals surface area contributed by atoms with Gasteiger partial charge in [-0.15, -0.1) is 0 Å². The Labute approximate surface area is 215 Å². The Bertz CT molecular complexity index is 898. The van der Waals surface area contributed by atoms with E-state index in [0.29, 0.717) is 0 Å². The molecule has 6 heteroatoms. The Morgan fingerprint density at radius 1 is 0.571 bits per heavy atom. The van der Waals surface area contributed by atoms with Crippen molar-refractivity contribution < 1.29 is 0 Å². The highest BCUT2D eigenvalue weighted by Crippen LogP contribution is 2.27. The van der Waals surface area contributed by atoms with Crippen molar-refractivity contribution in [2.24, 2.45) is 0 Å². The topological polar surface area (TPSA) is 42.6 Å². The zero-order chi connectivity index (χ0) is 24.0. The summed E-state index contributed by atoms with van der Waals surface area (Å²) in [7, 11) is 0. The lowest BCUT2D eigenvalue weighted by atomic mass is 10.2. The summed E-state index contributed by atoms with van der Waals surface area (Å²) in [6.07, 6.45) is 0. The van der Waals surface area contributed by atoms with Crippen molar-refractivity contribution in [1.82, 2.24) is 25.2 Å². The summed E-state index contributed by atoms with van der Waals surface area (Å²) < 4.78 is 2.45. The van der Waals surface area contributed by atoms with E-state index in [2.05, 4.69) is 110 Å². The van der Waals surface area contributed by atoms with Gasteiger partial charge in [0.05, 0.1) is 0 Å². The third-order valence-electron chi connectivity index (χ3n) is 6.13. The van der Waals surface area contributed by atoms with Crippen molar-refractivity contribution in [2.45, 2.75) is 24.5 Å². The van der Waals surface area contributed by atoms with E-state index in [-0.39, 0.29) is 0 Å². The average molecular weight is 490 g/mol. The molecular weight excluding hydrogens is 450 g/mol. The third kappa shape index (κ3) is 9.76. The number of nitrogens with zero attached hydrogens (tertiary/aromatic N) is 2. The minimum atomic E-state index is 0.908. The summed E-state index contributed by atoms with van der Waals surface area (Å²) in [5, 5.41) is 10.6. The average Bonchev–Trinajstić information content (AvgIpc) is 2.88. The molecular formula is C29H39N5S. The Kier molecular flexibility index (Phi) is 11.1. The van der Waals surface area contributed by atoms with Gasteiger partial charge in [0.1, 0.15) is 0 Å². The number of benzene rings is 3. The fourth-order valence-corrected chi connectivity index (χ4v) is 5.21. The molecule has 186 valence electrons. The molecule has 0 radical (unpaired) electrons. The second-order valence-electron chi connectivity index (χ2n) is 9.03. The van der Waals surface area contributed by atoms with E-state index in [0.717, 1.165) is 72.0 Å². The normalized spacial score (nSPS) is 16.5. The van der Waals surface area contributed by atoms with E-state index in [1.165, 1.54) is 21.6 Å². The van der Waals surface area contributed by atoms with Crippen molar-refractivity contribution >= 4 is 11.9 Å². The maximum atomic E-state index is 3.56. The Hall–Kier alpha value is -2.19. The Morgan fingerprint density at radius 2 is 1.06 bits per heavy atom. The fourth-order valence-electron chi connectivity index (χ4n) is 4.23. The van der Waals surface area contributed by atoms with Crippen molar-refractivity contribution in [3.05, 3.63) is 102 Å². The lowest BCUT2D eigenvalue weighted by molar-refractivity contribution is 0.263. The third-order valence-corrected chi connectivity index (χ3v) is 7.13. The Morgan fingerprint density at radius 3 is 1.57 bits per heavy atom. The van der Waals surface area contributed by atoms with Crippen LogP contribution in [0.3, 0.4) is 0 Å². The molecule has 1 aliphatic rings. The molecule has 0 unspecified atom stereocenters. The first-order chi connectivity index (χ1) is 17.3. The van der Waals surface area contributed by atoms with Gasteiger partial charge >= 0.3 is 0 Å². The van der Waals surface area contributed by atoms with Gasteiger partial charge in [0, 0.05) is 76.9 Å². The molecule has 1 aliphatic heterocycles. The second-order valence-corrected chi connectivity index (χ2v) is 10.2. The quantitative estimate of drug-likeness (QED) is 0.416. The maximum Gasteiger partial charge on any atom is 0.0347 e. The van der Waals surface area contributed by atoms with Gasteiger partial charge in [0.2, 0.25) is 0 Å². The summed E-state index contributed by atoms with van der Waals surface area (Å²) in [5.41, 5.74) is 4.04. The molecule has 4 rings (SSSR count). The van der Waals surface area contributed by atoms with Gasteiger partial charge in [-0.2, -0.15) is 0 Å². The van der Waals surface area contributed by atoms with E-state index < -0.39 is 0 Å². The van der Waals surface area contributed by atoms with Crippen LogP contribution < -0.4 is 16.0 Å². The smallest absolute Gasteiger partial charge is 0.0347 e. The van der Waals surface area contributed by atoms with Gasteiger partial charge < -0.3 is 16.0 Å². The molecule has 1 saturated heterocycles. The first-order valence-corrected chi connectivity index (χ1v) is 13.6. The predicted octanol–water partition coefficient (Wildman–Crippen LogP) is 3.98. The van der Waals surface area contributed by atoms with Crippen LogP contribution in [0.4, 0.5) is 0 Å². The Balaban J connectivity index is 1.35. The molecule has 5 nitrogen and oxygen atoms in total. The zero-order valence-electron chi connectivity index (χ0n) is 20.7. The molecule has 0 aliphatic carbocycles. The highest BCUT2D eigenvalue weighted by Gasteiger charge is 2.11. The minimum absolute atomic E-state index is 0.908. The summed E-state index contributed by atoms with van der Waals surface area (Å²) >= 11 is 1.84. The summed E-state index contributed by atoms with van der Waals surface area (Å²) in [4.78, 5) is 3.83. The summed E-state index contributed by atoms with van der Waals surface area (Å²) in [5.74, 6) is 0. The van der Waals surface area contributed by atoms with Crippen molar-refractivity contribution in [1.29, 1.82) is 0 Å². The largest absolute Gasteiger partial charge is 0.314 e. The van der Waals surface area contributed by atoms with E-state index in [4.69, 9.17) is 0 Å². The minimum Gasteiger partial charge on any atom is -0.314 e. The number of nitrogens with one attached hydrogen (secondary N) is 3. The van der Waals surface area contributed by atoms with Crippen molar-refractivity contribution in [3.8, 4) is 0 Å². The van der Waals surface area contributed by atoms with Gasteiger partial charge in [-0.1, -0.05) is 72.8 Å². The molecule has 3 aromatic rings. The lowest BCUT2D eigenvalue weighted by Gasteiger charge is -2.24. The van der Waals surface area contributed by atoms with Crippen LogP contribution in [0.5, 0.6) is 0 Å². The zero-order valence-corrected chi connectivity index (χ0v) is 21.5. The van der Waals surface area contributed by atoms with Crippen molar-refractivity contribution in [2.75, 3.05) is 52.4 Å². The van der Waals surface area contributed by atoms with Crippen LogP contribution in [0, 0.1) is 0 Å². The van der Waals surface area contributed by atoms with Crippen LogP contribution in [0.1, 0.15) is 16.7 Å². The molecule has 3 N–H and O–H groups in total. The van der Waals surface area contributed by atoms with Gasteiger partial charge in [-0.3, -0.25) is 4.90 Å².